The first-order valence-corrected chi connectivity index (χ1v) is 6.21. The van der Waals surface area contributed by atoms with Crippen LogP contribution in [-0.2, 0) is 0 Å². The van der Waals surface area contributed by atoms with Gasteiger partial charge in [0.1, 0.15) is 0 Å². The molecule has 0 atom stereocenters. The lowest BCUT2D eigenvalue weighted by Crippen LogP contribution is -2.29. The summed E-state index contributed by atoms with van der Waals surface area (Å²) in [6.45, 7) is 3.96. The van der Waals surface area contributed by atoms with E-state index >= 15 is 0 Å². The average Bonchev–Trinajstić information content (AvgIpc) is 2.54. The third kappa shape index (κ3) is 2.56. The van der Waals surface area contributed by atoms with Crippen LogP contribution in [0.25, 0.3) is 0 Å². The SMILES string of the molecule is CN1CCCN(c2cccc(C(N)=O)c2N)CC1. The number of benzene rings is 1. The van der Waals surface area contributed by atoms with Gasteiger partial charge in [-0.3, -0.25) is 4.79 Å². The van der Waals surface area contributed by atoms with Crippen molar-refractivity contribution in [2.24, 2.45) is 5.73 Å². The minimum Gasteiger partial charge on any atom is -0.396 e. The molecule has 18 heavy (non-hydrogen) atoms. The van der Waals surface area contributed by atoms with E-state index in [0.717, 1.165) is 38.3 Å². The van der Waals surface area contributed by atoms with Crippen LogP contribution in [0, 0.1) is 0 Å². The van der Waals surface area contributed by atoms with E-state index in [0.29, 0.717) is 11.3 Å². The first kappa shape index (κ1) is 12.7. The van der Waals surface area contributed by atoms with E-state index in [2.05, 4.69) is 16.8 Å². The number of likely N-dealkylation sites (N-methyl/N-ethyl adjacent to an activating group) is 1. The Labute approximate surface area is 107 Å². The lowest BCUT2D eigenvalue weighted by Gasteiger charge is -2.25. The molecule has 98 valence electrons. The van der Waals surface area contributed by atoms with Gasteiger partial charge in [-0.05, 0) is 32.1 Å². The molecule has 1 heterocycles. The number of hydrogen-bond donors (Lipinski definition) is 2. The summed E-state index contributed by atoms with van der Waals surface area (Å²) in [6.07, 6.45) is 1.09. The molecule has 5 nitrogen and oxygen atoms in total. The zero-order valence-corrected chi connectivity index (χ0v) is 10.7. The maximum Gasteiger partial charge on any atom is 0.250 e. The van der Waals surface area contributed by atoms with Crippen LogP contribution in [0.3, 0.4) is 0 Å². The summed E-state index contributed by atoms with van der Waals surface area (Å²) < 4.78 is 0. The van der Waals surface area contributed by atoms with Crippen LogP contribution in [0.1, 0.15) is 16.8 Å². The first-order valence-electron chi connectivity index (χ1n) is 6.21. The minimum absolute atomic E-state index is 0.408. The number of primary amides is 1. The zero-order chi connectivity index (χ0) is 13.1. The van der Waals surface area contributed by atoms with E-state index in [1.807, 2.05) is 12.1 Å². The van der Waals surface area contributed by atoms with Crippen molar-refractivity contribution in [3.8, 4) is 0 Å². The Bertz CT molecular complexity index is 447. The third-order valence-electron chi connectivity index (χ3n) is 3.41. The standard InChI is InChI=1S/C13H20N4O/c1-16-6-3-7-17(9-8-16)11-5-2-4-10(12(11)14)13(15)18/h2,4-5H,3,6-9,14H2,1H3,(H2,15,18). The highest BCUT2D eigenvalue weighted by Crippen LogP contribution is 2.27. The fourth-order valence-corrected chi connectivity index (χ4v) is 2.33. The van der Waals surface area contributed by atoms with Crippen LogP contribution in [0.4, 0.5) is 11.4 Å². The maximum absolute atomic E-state index is 11.3. The van der Waals surface area contributed by atoms with E-state index in [1.54, 1.807) is 6.07 Å². The molecule has 1 fully saturated rings. The number of anilines is 2. The molecule has 4 N–H and O–H groups in total. The molecule has 0 saturated carbocycles. The highest BCUT2D eigenvalue weighted by Gasteiger charge is 2.17. The van der Waals surface area contributed by atoms with Gasteiger partial charge in [0.2, 0.25) is 0 Å². The van der Waals surface area contributed by atoms with Crippen molar-refractivity contribution in [2.45, 2.75) is 6.42 Å². The molecule has 1 aliphatic heterocycles. The number of nitrogens with zero attached hydrogens (tertiary/aromatic N) is 2. The second kappa shape index (κ2) is 5.27. The molecular weight excluding hydrogens is 228 g/mol. The van der Waals surface area contributed by atoms with Crippen LogP contribution in [0.15, 0.2) is 18.2 Å². The Balaban J connectivity index is 2.27. The van der Waals surface area contributed by atoms with Crippen molar-refractivity contribution in [3.63, 3.8) is 0 Å². The molecule has 0 radical (unpaired) electrons. The summed E-state index contributed by atoms with van der Waals surface area (Å²) in [5, 5.41) is 0. The van der Waals surface area contributed by atoms with Crippen molar-refractivity contribution in [1.82, 2.24) is 4.90 Å². The zero-order valence-electron chi connectivity index (χ0n) is 10.7. The molecule has 1 saturated heterocycles. The van der Waals surface area contributed by atoms with Crippen LogP contribution >= 0.6 is 0 Å². The molecule has 0 aromatic heterocycles. The lowest BCUT2D eigenvalue weighted by atomic mass is 10.1. The Kier molecular flexibility index (Phi) is 3.72. The quantitative estimate of drug-likeness (QED) is 0.748. The number of hydrogen-bond acceptors (Lipinski definition) is 4. The summed E-state index contributed by atoms with van der Waals surface area (Å²) in [6, 6.07) is 5.46. The van der Waals surface area contributed by atoms with Gasteiger partial charge in [-0.2, -0.15) is 0 Å². The topological polar surface area (TPSA) is 75.6 Å². The van der Waals surface area contributed by atoms with Crippen molar-refractivity contribution in [2.75, 3.05) is 43.9 Å². The second-order valence-corrected chi connectivity index (χ2v) is 4.75. The van der Waals surface area contributed by atoms with Gasteiger partial charge in [0.15, 0.2) is 0 Å². The van der Waals surface area contributed by atoms with Gasteiger partial charge in [-0.15, -0.1) is 0 Å². The van der Waals surface area contributed by atoms with E-state index in [9.17, 15) is 4.79 Å². The lowest BCUT2D eigenvalue weighted by molar-refractivity contribution is 0.100. The molecule has 0 unspecified atom stereocenters. The van der Waals surface area contributed by atoms with Gasteiger partial charge in [-0.25, -0.2) is 0 Å². The Hall–Kier alpha value is -1.75. The van der Waals surface area contributed by atoms with Crippen LogP contribution in [-0.4, -0.2) is 44.0 Å². The molecule has 0 aliphatic carbocycles. The molecule has 0 spiro atoms. The van der Waals surface area contributed by atoms with Gasteiger partial charge in [0, 0.05) is 19.6 Å². The van der Waals surface area contributed by atoms with Crippen molar-refractivity contribution < 1.29 is 4.79 Å². The monoisotopic (exact) mass is 248 g/mol. The summed E-state index contributed by atoms with van der Waals surface area (Å²) in [4.78, 5) is 15.8. The Morgan fingerprint density at radius 2 is 2.00 bits per heavy atom. The summed E-state index contributed by atoms with van der Waals surface area (Å²) >= 11 is 0. The predicted octanol–water partition coefficient (Wildman–Crippen LogP) is 0.510. The number of rotatable bonds is 2. The molecule has 2 rings (SSSR count). The number of para-hydroxylation sites is 1. The first-order chi connectivity index (χ1) is 8.59. The van der Waals surface area contributed by atoms with Crippen molar-refractivity contribution >= 4 is 17.3 Å². The molecule has 5 heteroatoms. The maximum atomic E-state index is 11.3. The molecule has 1 aromatic carbocycles. The van der Waals surface area contributed by atoms with Gasteiger partial charge in [-0.1, -0.05) is 6.07 Å². The third-order valence-corrected chi connectivity index (χ3v) is 3.41. The molecule has 0 bridgehead atoms. The second-order valence-electron chi connectivity index (χ2n) is 4.75. The smallest absolute Gasteiger partial charge is 0.250 e. The fraction of sp³-hybridized carbons (Fsp3) is 0.462. The van der Waals surface area contributed by atoms with Crippen LogP contribution < -0.4 is 16.4 Å². The van der Waals surface area contributed by atoms with E-state index in [1.165, 1.54) is 0 Å². The van der Waals surface area contributed by atoms with E-state index in [4.69, 9.17) is 11.5 Å². The number of carbonyl (C=O) groups is 1. The number of carbonyl (C=O) groups excluding carboxylic acids is 1. The van der Waals surface area contributed by atoms with Crippen molar-refractivity contribution in [3.05, 3.63) is 23.8 Å². The van der Waals surface area contributed by atoms with E-state index in [-0.39, 0.29) is 0 Å². The average molecular weight is 248 g/mol. The number of nitrogen functional groups attached to an aromatic ring is 1. The normalized spacial score (nSPS) is 17.5. The molecule has 1 amide bonds. The molecule has 1 aliphatic rings. The van der Waals surface area contributed by atoms with Gasteiger partial charge in [0.05, 0.1) is 16.9 Å². The van der Waals surface area contributed by atoms with E-state index < -0.39 is 5.91 Å². The summed E-state index contributed by atoms with van der Waals surface area (Å²) in [5.41, 5.74) is 13.2. The van der Waals surface area contributed by atoms with Crippen LogP contribution in [0.2, 0.25) is 0 Å². The highest BCUT2D eigenvalue weighted by molar-refractivity contribution is 6.00. The molecular formula is C13H20N4O. The Morgan fingerprint density at radius 1 is 1.22 bits per heavy atom. The minimum atomic E-state index is -0.471. The van der Waals surface area contributed by atoms with Gasteiger partial charge < -0.3 is 21.3 Å². The highest BCUT2D eigenvalue weighted by atomic mass is 16.1. The van der Waals surface area contributed by atoms with Gasteiger partial charge in [0.25, 0.3) is 5.91 Å². The summed E-state index contributed by atoms with van der Waals surface area (Å²) in [5.74, 6) is -0.471. The van der Waals surface area contributed by atoms with Crippen LogP contribution in [0.5, 0.6) is 0 Å². The van der Waals surface area contributed by atoms with Gasteiger partial charge >= 0.3 is 0 Å². The molecule has 1 aromatic rings. The summed E-state index contributed by atoms with van der Waals surface area (Å²) in [7, 11) is 2.12. The predicted molar refractivity (Wildman–Crippen MR) is 73.7 cm³/mol. The van der Waals surface area contributed by atoms with Crippen molar-refractivity contribution in [1.29, 1.82) is 0 Å². The largest absolute Gasteiger partial charge is 0.396 e. The number of nitrogens with two attached hydrogens (primary N) is 2. The fourth-order valence-electron chi connectivity index (χ4n) is 2.33. The number of amides is 1. The Morgan fingerprint density at radius 3 is 2.72 bits per heavy atom.